The maximum absolute atomic E-state index is 12.5. The maximum atomic E-state index is 12.5. The molecule has 1 aromatic carbocycles. The molecule has 0 aliphatic carbocycles. The molecule has 2 rings (SSSR count). The highest BCUT2D eigenvalue weighted by Crippen LogP contribution is 2.28. The lowest BCUT2D eigenvalue weighted by Crippen LogP contribution is -2.12. The average Bonchev–Trinajstić information content (AvgIpc) is 2.46. The molecule has 0 aliphatic rings. The van der Waals surface area contributed by atoms with E-state index >= 15 is 0 Å². The lowest BCUT2D eigenvalue weighted by atomic mass is 9.95. The Bertz CT molecular complexity index is 584. The van der Waals surface area contributed by atoms with Gasteiger partial charge in [-0.1, -0.05) is 22.0 Å². The molecule has 0 N–H and O–H groups in total. The number of carbonyl (C=O) groups excluding carboxylic acids is 1. The van der Waals surface area contributed by atoms with Gasteiger partial charge in [0.1, 0.15) is 5.75 Å². The van der Waals surface area contributed by atoms with Crippen molar-refractivity contribution in [2.75, 3.05) is 7.11 Å². The van der Waals surface area contributed by atoms with E-state index in [2.05, 4.69) is 20.9 Å². The number of benzene rings is 1. The first-order valence-corrected chi connectivity index (χ1v) is 6.71. The predicted octanol–water partition coefficient (Wildman–Crippen LogP) is 3.84. The summed E-state index contributed by atoms with van der Waals surface area (Å²) in [4.78, 5) is 16.7. The predicted molar refractivity (Wildman–Crippen MR) is 77.7 cm³/mol. The molecule has 1 unspecified atom stereocenters. The molecule has 0 bridgehead atoms. The number of carbonyl (C=O) groups is 1. The van der Waals surface area contributed by atoms with E-state index in [1.165, 1.54) is 0 Å². The van der Waals surface area contributed by atoms with Crippen LogP contribution in [-0.2, 0) is 0 Å². The molecular weight excluding hydrogens is 306 g/mol. The summed E-state index contributed by atoms with van der Waals surface area (Å²) in [5.41, 5.74) is 1.33. The molecule has 2 aromatic rings. The normalized spacial score (nSPS) is 11.9. The fourth-order valence-electron chi connectivity index (χ4n) is 1.87. The number of hydrogen-bond acceptors (Lipinski definition) is 3. The van der Waals surface area contributed by atoms with Gasteiger partial charge in [-0.15, -0.1) is 0 Å². The van der Waals surface area contributed by atoms with Gasteiger partial charge in [0.2, 0.25) is 0 Å². The van der Waals surface area contributed by atoms with Crippen LogP contribution < -0.4 is 4.74 Å². The van der Waals surface area contributed by atoms with Gasteiger partial charge >= 0.3 is 0 Å². The van der Waals surface area contributed by atoms with Crippen molar-refractivity contribution in [1.29, 1.82) is 0 Å². The van der Waals surface area contributed by atoms with Crippen LogP contribution in [0.1, 0.15) is 28.9 Å². The second-order valence-electron chi connectivity index (χ2n) is 4.19. The highest BCUT2D eigenvalue weighted by Gasteiger charge is 2.21. The smallest absolute Gasteiger partial charge is 0.175 e. The number of halogens is 1. The lowest BCUT2D eigenvalue weighted by Gasteiger charge is -2.13. The standard InChI is InChI=1S/C15H14BrNO2/c1-10(13-5-3-4-8-17-13)15(18)12-7-6-11(16)9-14(12)19-2/h3-10H,1-2H3. The SMILES string of the molecule is COc1cc(Br)ccc1C(=O)C(C)c1ccccn1. The summed E-state index contributed by atoms with van der Waals surface area (Å²) in [7, 11) is 1.56. The third-order valence-corrected chi connectivity index (χ3v) is 3.45. The van der Waals surface area contributed by atoms with E-state index in [1.54, 1.807) is 25.4 Å². The molecule has 1 aromatic heterocycles. The minimum atomic E-state index is -0.295. The van der Waals surface area contributed by atoms with Crippen molar-refractivity contribution in [2.24, 2.45) is 0 Å². The van der Waals surface area contributed by atoms with E-state index in [9.17, 15) is 4.79 Å². The first-order chi connectivity index (χ1) is 9.13. The van der Waals surface area contributed by atoms with Crippen LogP contribution in [0.4, 0.5) is 0 Å². The van der Waals surface area contributed by atoms with Gasteiger partial charge in [-0.05, 0) is 37.3 Å². The van der Waals surface area contributed by atoms with Gasteiger partial charge in [-0.25, -0.2) is 0 Å². The van der Waals surface area contributed by atoms with Gasteiger partial charge in [0.25, 0.3) is 0 Å². The third kappa shape index (κ3) is 3.01. The second kappa shape index (κ2) is 5.97. The Balaban J connectivity index is 2.34. The van der Waals surface area contributed by atoms with Crippen LogP contribution in [0.3, 0.4) is 0 Å². The Labute approximate surface area is 120 Å². The molecule has 4 heteroatoms. The largest absolute Gasteiger partial charge is 0.496 e. The van der Waals surface area contributed by atoms with Gasteiger partial charge < -0.3 is 4.74 Å². The van der Waals surface area contributed by atoms with Crippen molar-refractivity contribution in [3.8, 4) is 5.75 Å². The second-order valence-corrected chi connectivity index (χ2v) is 5.10. The number of ether oxygens (including phenoxy) is 1. The van der Waals surface area contributed by atoms with Crippen LogP contribution in [-0.4, -0.2) is 17.9 Å². The number of aromatic nitrogens is 1. The zero-order chi connectivity index (χ0) is 13.8. The van der Waals surface area contributed by atoms with E-state index in [-0.39, 0.29) is 11.7 Å². The van der Waals surface area contributed by atoms with Crippen LogP contribution >= 0.6 is 15.9 Å². The van der Waals surface area contributed by atoms with Crippen molar-refractivity contribution < 1.29 is 9.53 Å². The van der Waals surface area contributed by atoms with Crippen molar-refractivity contribution in [3.63, 3.8) is 0 Å². The van der Waals surface area contributed by atoms with E-state index in [0.717, 1.165) is 10.2 Å². The molecule has 1 atom stereocenters. The summed E-state index contributed by atoms with van der Waals surface area (Å²) >= 11 is 3.36. The van der Waals surface area contributed by atoms with E-state index in [0.29, 0.717) is 11.3 Å². The molecular formula is C15H14BrNO2. The van der Waals surface area contributed by atoms with Gasteiger partial charge in [-0.3, -0.25) is 9.78 Å². The van der Waals surface area contributed by atoms with Gasteiger partial charge in [0.15, 0.2) is 5.78 Å². The Kier molecular flexibility index (Phi) is 4.32. The van der Waals surface area contributed by atoms with Crippen molar-refractivity contribution in [2.45, 2.75) is 12.8 Å². The summed E-state index contributed by atoms with van der Waals surface area (Å²) in [5.74, 6) is 0.279. The van der Waals surface area contributed by atoms with Crippen LogP contribution in [0.25, 0.3) is 0 Å². The summed E-state index contributed by atoms with van der Waals surface area (Å²) < 4.78 is 6.14. The summed E-state index contributed by atoms with van der Waals surface area (Å²) in [6.07, 6.45) is 1.69. The van der Waals surface area contributed by atoms with E-state index < -0.39 is 0 Å². The molecule has 0 radical (unpaired) electrons. The molecule has 3 nitrogen and oxygen atoms in total. The number of hydrogen-bond donors (Lipinski definition) is 0. The number of rotatable bonds is 4. The Morgan fingerprint density at radius 3 is 2.74 bits per heavy atom. The lowest BCUT2D eigenvalue weighted by molar-refractivity contribution is 0.0961. The van der Waals surface area contributed by atoms with Crippen molar-refractivity contribution in [1.82, 2.24) is 4.98 Å². The van der Waals surface area contributed by atoms with Crippen LogP contribution in [0.5, 0.6) is 5.75 Å². The zero-order valence-electron chi connectivity index (χ0n) is 10.8. The molecule has 0 spiro atoms. The Morgan fingerprint density at radius 1 is 1.32 bits per heavy atom. The Morgan fingerprint density at radius 2 is 2.11 bits per heavy atom. The quantitative estimate of drug-likeness (QED) is 0.804. The van der Waals surface area contributed by atoms with Crippen molar-refractivity contribution >= 4 is 21.7 Å². The number of methoxy groups -OCH3 is 1. The van der Waals surface area contributed by atoms with Gasteiger partial charge in [-0.2, -0.15) is 0 Å². The number of Topliss-reactive ketones (excluding diaryl/α,β-unsaturated/α-hetero) is 1. The molecule has 19 heavy (non-hydrogen) atoms. The fraction of sp³-hybridized carbons (Fsp3) is 0.200. The summed E-state index contributed by atoms with van der Waals surface area (Å²) in [6, 6.07) is 11.0. The van der Waals surface area contributed by atoms with Crippen LogP contribution in [0.2, 0.25) is 0 Å². The van der Waals surface area contributed by atoms with E-state index in [4.69, 9.17) is 4.74 Å². The first kappa shape index (κ1) is 13.7. The minimum Gasteiger partial charge on any atom is -0.496 e. The molecule has 1 heterocycles. The molecule has 0 saturated carbocycles. The highest BCUT2D eigenvalue weighted by molar-refractivity contribution is 9.10. The summed E-state index contributed by atoms with van der Waals surface area (Å²) in [6.45, 7) is 1.85. The molecule has 0 saturated heterocycles. The zero-order valence-corrected chi connectivity index (χ0v) is 12.3. The number of nitrogens with zero attached hydrogens (tertiary/aromatic N) is 1. The highest BCUT2D eigenvalue weighted by atomic mass is 79.9. The first-order valence-electron chi connectivity index (χ1n) is 5.92. The molecule has 0 aliphatic heterocycles. The number of pyridine rings is 1. The third-order valence-electron chi connectivity index (χ3n) is 2.95. The maximum Gasteiger partial charge on any atom is 0.175 e. The molecule has 0 amide bonds. The topological polar surface area (TPSA) is 39.2 Å². The Hall–Kier alpha value is -1.68. The molecule has 98 valence electrons. The fourth-order valence-corrected chi connectivity index (χ4v) is 2.21. The average molecular weight is 320 g/mol. The molecule has 0 fully saturated rings. The number of ketones is 1. The van der Waals surface area contributed by atoms with Gasteiger partial charge in [0.05, 0.1) is 24.3 Å². The monoisotopic (exact) mass is 319 g/mol. The minimum absolute atomic E-state index is 0.00282. The van der Waals surface area contributed by atoms with Crippen LogP contribution in [0.15, 0.2) is 47.1 Å². The van der Waals surface area contributed by atoms with Crippen molar-refractivity contribution in [3.05, 3.63) is 58.3 Å². The van der Waals surface area contributed by atoms with Crippen LogP contribution in [0, 0.1) is 0 Å². The van der Waals surface area contributed by atoms with E-state index in [1.807, 2.05) is 31.2 Å². The summed E-state index contributed by atoms with van der Waals surface area (Å²) in [5, 5.41) is 0. The van der Waals surface area contributed by atoms with Gasteiger partial charge in [0, 0.05) is 10.7 Å².